The predicted molar refractivity (Wildman–Crippen MR) is 86.2 cm³/mol. The third kappa shape index (κ3) is 2.53. The summed E-state index contributed by atoms with van der Waals surface area (Å²) in [6.45, 7) is 2.47. The van der Waals surface area contributed by atoms with E-state index >= 15 is 0 Å². The van der Waals surface area contributed by atoms with Gasteiger partial charge in [0.2, 0.25) is 0 Å². The van der Waals surface area contributed by atoms with Crippen molar-refractivity contribution in [3.63, 3.8) is 0 Å². The number of nitrogens with zero attached hydrogens (tertiary/aromatic N) is 2. The Bertz CT molecular complexity index is 745. The smallest absolute Gasteiger partial charge is 0.264 e. The van der Waals surface area contributed by atoms with Crippen molar-refractivity contribution in [1.29, 1.82) is 0 Å². The van der Waals surface area contributed by atoms with E-state index in [1.165, 1.54) is 6.20 Å². The van der Waals surface area contributed by atoms with Crippen LogP contribution in [-0.4, -0.2) is 28.3 Å². The van der Waals surface area contributed by atoms with E-state index in [2.05, 4.69) is 4.98 Å². The average molecular weight is 310 g/mol. The number of para-hydroxylation sites is 1. The van der Waals surface area contributed by atoms with Gasteiger partial charge in [-0.2, -0.15) is 0 Å². The van der Waals surface area contributed by atoms with E-state index in [4.69, 9.17) is 0 Å². The zero-order valence-electron chi connectivity index (χ0n) is 12.9. The second kappa shape index (κ2) is 5.93. The standard InChI is InChI=1S/C18H18N2O3/c1-2-11-20-15-9-4-3-7-13(15)18(23,17(20)22)12-16(21)14-8-5-6-10-19-14/h3-10,23H,2,11-12H2,1H3/t18-/m1/s1. The highest BCUT2D eigenvalue weighted by molar-refractivity contribution is 6.10. The van der Waals surface area contributed by atoms with Gasteiger partial charge in [-0.3, -0.25) is 14.6 Å². The fourth-order valence-corrected chi connectivity index (χ4v) is 2.97. The lowest BCUT2D eigenvalue weighted by Crippen LogP contribution is -2.42. The summed E-state index contributed by atoms with van der Waals surface area (Å²) < 4.78 is 0. The van der Waals surface area contributed by atoms with Crippen LogP contribution in [0.5, 0.6) is 0 Å². The quantitative estimate of drug-likeness (QED) is 0.860. The van der Waals surface area contributed by atoms with Gasteiger partial charge in [-0.1, -0.05) is 31.2 Å². The number of aromatic nitrogens is 1. The number of ketones is 1. The minimum Gasteiger partial charge on any atom is -0.375 e. The van der Waals surface area contributed by atoms with Gasteiger partial charge in [0.05, 0.1) is 12.1 Å². The first kappa shape index (κ1) is 15.4. The zero-order valence-corrected chi connectivity index (χ0v) is 12.9. The molecule has 5 heteroatoms. The Morgan fingerprint density at radius 1 is 1.22 bits per heavy atom. The lowest BCUT2D eigenvalue weighted by atomic mass is 9.89. The minimum atomic E-state index is -1.82. The molecule has 1 aromatic carbocycles. The molecule has 0 fully saturated rings. The van der Waals surface area contributed by atoms with E-state index < -0.39 is 11.5 Å². The summed E-state index contributed by atoms with van der Waals surface area (Å²) in [5, 5.41) is 11.0. The summed E-state index contributed by atoms with van der Waals surface area (Å²) in [5.41, 5.74) is -0.404. The van der Waals surface area contributed by atoms with Gasteiger partial charge >= 0.3 is 0 Å². The number of carbonyl (C=O) groups excluding carboxylic acids is 2. The summed E-state index contributed by atoms with van der Waals surface area (Å²) in [7, 11) is 0. The van der Waals surface area contributed by atoms with Crippen LogP contribution in [0, 0.1) is 0 Å². The summed E-state index contributed by atoms with van der Waals surface area (Å²) in [6, 6.07) is 12.1. The number of fused-ring (bicyclic) bond motifs is 1. The highest BCUT2D eigenvalue weighted by Gasteiger charge is 2.50. The first-order valence-corrected chi connectivity index (χ1v) is 7.66. The van der Waals surface area contributed by atoms with E-state index in [0.29, 0.717) is 17.8 Å². The molecule has 3 rings (SSSR count). The van der Waals surface area contributed by atoms with Crippen molar-refractivity contribution in [2.24, 2.45) is 0 Å². The maximum atomic E-state index is 12.7. The summed E-state index contributed by atoms with van der Waals surface area (Å²) in [6.07, 6.45) is 1.98. The number of rotatable bonds is 5. The Labute approximate surface area is 134 Å². The van der Waals surface area contributed by atoms with Gasteiger partial charge in [0.1, 0.15) is 5.69 Å². The second-order valence-corrected chi connectivity index (χ2v) is 5.65. The van der Waals surface area contributed by atoms with Gasteiger partial charge in [0.15, 0.2) is 11.4 Å². The molecule has 1 aliphatic heterocycles. The molecule has 0 aliphatic carbocycles. The highest BCUT2D eigenvalue weighted by atomic mass is 16.3. The maximum absolute atomic E-state index is 12.7. The Kier molecular flexibility index (Phi) is 3.96. The molecule has 2 aromatic rings. The topological polar surface area (TPSA) is 70.5 Å². The molecule has 1 atom stereocenters. The van der Waals surface area contributed by atoms with Crippen LogP contribution in [0.15, 0.2) is 48.7 Å². The molecule has 1 amide bonds. The second-order valence-electron chi connectivity index (χ2n) is 5.65. The Balaban J connectivity index is 1.97. The lowest BCUT2D eigenvalue weighted by molar-refractivity contribution is -0.135. The lowest BCUT2D eigenvalue weighted by Gasteiger charge is -2.22. The summed E-state index contributed by atoms with van der Waals surface area (Å²) >= 11 is 0. The van der Waals surface area contributed by atoms with Crippen molar-refractivity contribution >= 4 is 17.4 Å². The molecule has 1 aromatic heterocycles. The van der Waals surface area contributed by atoms with E-state index in [1.54, 1.807) is 41.3 Å². The fourth-order valence-electron chi connectivity index (χ4n) is 2.97. The molecule has 1 N–H and O–H groups in total. The maximum Gasteiger partial charge on any atom is 0.264 e. The van der Waals surface area contributed by atoms with Crippen LogP contribution < -0.4 is 4.90 Å². The largest absolute Gasteiger partial charge is 0.375 e. The van der Waals surface area contributed by atoms with Gasteiger partial charge in [0.25, 0.3) is 5.91 Å². The molecule has 0 radical (unpaired) electrons. The van der Waals surface area contributed by atoms with E-state index in [-0.39, 0.29) is 17.9 Å². The number of aliphatic hydroxyl groups is 1. The first-order valence-electron chi connectivity index (χ1n) is 7.66. The number of pyridine rings is 1. The van der Waals surface area contributed by atoms with Crippen LogP contribution in [-0.2, 0) is 10.4 Å². The molecule has 0 bridgehead atoms. The normalized spacial score (nSPS) is 19.7. The zero-order chi connectivity index (χ0) is 16.4. The monoisotopic (exact) mass is 310 g/mol. The van der Waals surface area contributed by atoms with Crippen LogP contribution in [0.3, 0.4) is 0 Å². The van der Waals surface area contributed by atoms with Crippen molar-refractivity contribution < 1.29 is 14.7 Å². The molecule has 2 heterocycles. The molecule has 0 spiro atoms. The molecular formula is C18H18N2O3. The Hall–Kier alpha value is -2.53. The van der Waals surface area contributed by atoms with E-state index in [1.807, 2.05) is 13.0 Å². The van der Waals surface area contributed by atoms with Crippen LogP contribution in [0.25, 0.3) is 0 Å². The number of carbonyl (C=O) groups is 2. The number of hydrogen-bond donors (Lipinski definition) is 1. The van der Waals surface area contributed by atoms with Crippen molar-refractivity contribution in [1.82, 2.24) is 4.98 Å². The van der Waals surface area contributed by atoms with E-state index in [0.717, 1.165) is 6.42 Å². The first-order chi connectivity index (χ1) is 11.1. The fraction of sp³-hybridized carbons (Fsp3) is 0.278. The molecule has 118 valence electrons. The van der Waals surface area contributed by atoms with Crippen LogP contribution in [0.1, 0.15) is 35.8 Å². The SMILES string of the molecule is CCCN1C(=O)[C@@](O)(CC(=O)c2ccccn2)c2ccccc21. The van der Waals surface area contributed by atoms with E-state index in [9.17, 15) is 14.7 Å². The average Bonchev–Trinajstić information content (AvgIpc) is 2.78. The van der Waals surface area contributed by atoms with Gasteiger partial charge in [-0.05, 0) is 24.6 Å². The van der Waals surface area contributed by atoms with Crippen LogP contribution >= 0.6 is 0 Å². The van der Waals surface area contributed by atoms with Crippen LogP contribution in [0.4, 0.5) is 5.69 Å². The van der Waals surface area contributed by atoms with Crippen LogP contribution in [0.2, 0.25) is 0 Å². The molecule has 23 heavy (non-hydrogen) atoms. The number of Topliss-reactive ketones (excluding diaryl/α,β-unsaturated/α-hetero) is 1. The Morgan fingerprint density at radius 3 is 2.65 bits per heavy atom. The number of amides is 1. The molecule has 0 saturated heterocycles. The van der Waals surface area contributed by atoms with Crippen molar-refractivity contribution in [2.45, 2.75) is 25.4 Å². The summed E-state index contributed by atoms with van der Waals surface area (Å²) in [4.78, 5) is 30.7. The van der Waals surface area contributed by atoms with Gasteiger partial charge < -0.3 is 10.0 Å². The Morgan fingerprint density at radius 2 is 1.96 bits per heavy atom. The molecule has 0 unspecified atom stereocenters. The third-order valence-electron chi connectivity index (χ3n) is 4.05. The van der Waals surface area contributed by atoms with Crippen molar-refractivity contribution in [2.75, 3.05) is 11.4 Å². The minimum absolute atomic E-state index is 0.250. The summed E-state index contributed by atoms with van der Waals surface area (Å²) in [5.74, 6) is -0.792. The highest BCUT2D eigenvalue weighted by Crippen LogP contribution is 2.42. The molecule has 5 nitrogen and oxygen atoms in total. The molecule has 0 saturated carbocycles. The van der Waals surface area contributed by atoms with Crippen molar-refractivity contribution in [3.8, 4) is 0 Å². The number of benzene rings is 1. The third-order valence-corrected chi connectivity index (χ3v) is 4.05. The molecular weight excluding hydrogens is 292 g/mol. The van der Waals surface area contributed by atoms with Gasteiger partial charge in [-0.15, -0.1) is 0 Å². The predicted octanol–water partition coefficient (Wildman–Crippen LogP) is 2.30. The number of anilines is 1. The van der Waals surface area contributed by atoms with Gasteiger partial charge in [-0.25, -0.2) is 0 Å². The van der Waals surface area contributed by atoms with Crippen molar-refractivity contribution in [3.05, 3.63) is 59.9 Å². The van der Waals surface area contributed by atoms with Gasteiger partial charge in [0, 0.05) is 18.3 Å². The number of hydrogen-bond acceptors (Lipinski definition) is 4. The molecule has 1 aliphatic rings.